The lowest BCUT2D eigenvalue weighted by Gasteiger charge is -2.11. The summed E-state index contributed by atoms with van der Waals surface area (Å²) in [7, 11) is 0. The molecule has 0 radical (unpaired) electrons. The molecule has 0 amide bonds. The van der Waals surface area contributed by atoms with Crippen molar-refractivity contribution in [2.75, 3.05) is 10.6 Å². The molecule has 0 bridgehead atoms. The van der Waals surface area contributed by atoms with Gasteiger partial charge < -0.3 is 5.32 Å². The van der Waals surface area contributed by atoms with E-state index in [1.54, 1.807) is 11.7 Å². The zero-order valence-electron chi connectivity index (χ0n) is 12.7. The second-order valence-corrected chi connectivity index (χ2v) is 6.79. The third kappa shape index (κ3) is 4.55. The molecular weight excluding hydrogens is 417 g/mol. The van der Waals surface area contributed by atoms with Crippen molar-refractivity contribution < 1.29 is 13.2 Å². The molecule has 130 valence electrons. The van der Waals surface area contributed by atoms with Gasteiger partial charge in [-0.25, -0.2) is 9.97 Å². The van der Waals surface area contributed by atoms with Crippen LogP contribution in [-0.4, -0.2) is 20.3 Å². The first-order valence-electron chi connectivity index (χ1n) is 7.22. The molecule has 9 heteroatoms. The van der Waals surface area contributed by atoms with Gasteiger partial charge in [-0.15, -0.1) is 11.3 Å². The monoisotopic (exact) mass is 428 g/mol. The molecule has 0 saturated heterocycles. The molecule has 0 saturated carbocycles. The number of alkyl halides is 4. The number of nitrogens with zero attached hydrogens (tertiary/aromatic N) is 3. The minimum absolute atomic E-state index is 0.0962. The topological polar surface area (TPSA) is 50.7 Å². The molecule has 3 rings (SSSR count). The van der Waals surface area contributed by atoms with Crippen molar-refractivity contribution in [1.82, 2.24) is 15.0 Å². The number of aromatic nitrogens is 3. The first-order chi connectivity index (χ1) is 12.0. The van der Waals surface area contributed by atoms with Crippen LogP contribution >= 0.6 is 27.3 Å². The number of benzene rings is 1. The average Bonchev–Trinajstić information content (AvgIpc) is 3.09. The SMILES string of the molecule is FC(F)(F)c1ccnc(Nc2cc(CCBr)cc(-c3cncs3)c2)n1. The van der Waals surface area contributed by atoms with Gasteiger partial charge in [-0.1, -0.05) is 22.0 Å². The summed E-state index contributed by atoms with van der Waals surface area (Å²) in [5, 5.41) is 3.64. The number of thiazole rings is 1. The largest absolute Gasteiger partial charge is 0.433 e. The van der Waals surface area contributed by atoms with E-state index in [2.05, 4.69) is 36.2 Å². The lowest BCUT2D eigenvalue weighted by atomic mass is 10.1. The predicted molar refractivity (Wildman–Crippen MR) is 95.4 cm³/mol. The number of hydrogen-bond donors (Lipinski definition) is 1. The van der Waals surface area contributed by atoms with Crippen LogP contribution in [0.1, 0.15) is 11.3 Å². The van der Waals surface area contributed by atoms with Crippen molar-refractivity contribution in [2.24, 2.45) is 0 Å². The molecule has 2 heterocycles. The van der Waals surface area contributed by atoms with Gasteiger partial charge >= 0.3 is 6.18 Å². The average molecular weight is 429 g/mol. The zero-order valence-corrected chi connectivity index (χ0v) is 15.1. The van der Waals surface area contributed by atoms with Gasteiger partial charge in [0.15, 0.2) is 0 Å². The molecule has 0 unspecified atom stereocenters. The summed E-state index contributed by atoms with van der Waals surface area (Å²) in [5.74, 6) is -0.0962. The van der Waals surface area contributed by atoms with Gasteiger partial charge in [0, 0.05) is 23.4 Å². The normalized spacial score (nSPS) is 11.5. The van der Waals surface area contributed by atoms with E-state index in [0.717, 1.165) is 40.0 Å². The second-order valence-electron chi connectivity index (χ2n) is 5.11. The highest BCUT2D eigenvalue weighted by atomic mass is 79.9. The summed E-state index contributed by atoms with van der Waals surface area (Å²) in [6, 6.07) is 6.59. The fourth-order valence-corrected chi connectivity index (χ4v) is 3.29. The molecule has 1 N–H and O–H groups in total. The Bertz CT molecular complexity index is 853. The van der Waals surface area contributed by atoms with E-state index < -0.39 is 11.9 Å². The molecule has 25 heavy (non-hydrogen) atoms. The van der Waals surface area contributed by atoms with Crippen molar-refractivity contribution in [2.45, 2.75) is 12.6 Å². The van der Waals surface area contributed by atoms with Crippen LogP contribution in [0.4, 0.5) is 24.8 Å². The van der Waals surface area contributed by atoms with E-state index in [9.17, 15) is 13.2 Å². The zero-order chi connectivity index (χ0) is 17.9. The van der Waals surface area contributed by atoms with Crippen molar-refractivity contribution >= 4 is 38.9 Å². The van der Waals surface area contributed by atoms with Crippen LogP contribution in [0.2, 0.25) is 0 Å². The van der Waals surface area contributed by atoms with Gasteiger partial charge in [0.05, 0.1) is 10.4 Å². The second kappa shape index (κ2) is 7.49. The number of aryl methyl sites for hydroxylation is 1. The van der Waals surface area contributed by atoms with Gasteiger partial charge in [-0.3, -0.25) is 4.98 Å². The maximum absolute atomic E-state index is 12.8. The van der Waals surface area contributed by atoms with E-state index in [1.165, 1.54) is 11.3 Å². The lowest BCUT2D eigenvalue weighted by molar-refractivity contribution is -0.141. The maximum Gasteiger partial charge on any atom is 0.433 e. The van der Waals surface area contributed by atoms with E-state index in [-0.39, 0.29) is 5.95 Å². The quantitative estimate of drug-likeness (QED) is 0.560. The van der Waals surface area contributed by atoms with Crippen LogP contribution in [0.5, 0.6) is 0 Å². The Kier molecular flexibility index (Phi) is 5.33. The Hall–Kier alpha value is -2.00. The molecule has 0 aliphatic carbocycles. The first-order valence-corrected chi connectivity index (χ1v) is 9.22. The number of anilines is 2. The molecular formula is C16H12BrF3N4S. The molecule has 0 spiro atoms. The standard InChI is InChI=1S/C16H12BrF3N4S/c17-3-1-10-5-11(13-8-21-9-25-13)7-12(6-10)23-15-22-4-2-14(24-15)16(18,19)20/h2,4-9H,1,3H2,(H,22,23,24). The van der Waals surface area contributed by atoms with Crippen LogP contribution < -0.4 is 5.32 Å². The van der Waals surface area contributed by atoms with Crippen molar-refractivity contribution in [3.63, 3.8) is 0 Å². The van der Waals surface area contributed by atoms with Crippen LogP contribution in [0.3, 0.4) is 0 Å². The van der Waals surface area contributed by atoms with Crippen LogP contribution in [0.25, 0.3) is 10.4 Å². The van der Waals surface area contributed by atoms with Crippen LogP contribution in [0.15, 0.2) is 42.2 Å². The highest BCUT2D eigenvalue weighted by Crippen LogP contribution is 2.30. The van der Waals surface area contributed by atoms with Gasteiger partial charge in [0.1, 0.15) is 5.69 Å². The highest BCUT2D eigenvalue weighted by molar-refractivity contribution is 9.09. The van der Waals surface area contributed by atoms with Crippen LogP contribution in [0, 0.1) is 0 Å². The number of nitrogens with one attached hydrogen (secondary N) is 1. The summed E-state index contributed by atoms with van der Waals surface area (Å²) in [6.45, 7) is 0. The van der Waals surface area contributed by atoms with E-state index in [4.69, 9.17) is 0 Å². The third-order valence-corrected chi connectivity index (χ3v) is 4.51. The van der Waals surface area contributed by atoms with Crippen LogP contribution in [-0.2, 0) is 12.6 Å². The Morgan fingerprint density at radius 3 is 2.72 bits per heavy atom. The summed E-state index contributed by atoms with van der Waals surface area (Å²) in [6.07, 6.45) is -0.886. The van der Waals surface area contributed by atoms with E-state index >= 15 is 0 Å². The molecule has 3 aromatic rings. The van der Waals surface area contributed by atoms with Crippen molar-refractivity contribution in [1.29, 1.82) is 0 Å². The van der Waals surface area contributed by atoms with Gasteiger partial charge in [-0.2, -0.15) is 13.2 Å². The van der Waals surface area contributed by atoms with E-state index in [0.29, 0.717) is 5.69 Å². The molecule has 2 aromatic heterocycles. The van der Waals surface area contributed by atoms with Crippen molar-refractivity contribution in [3.05, 3.63) is 53.4 Å². The smallest absolute Gasteiger partial charge is 0.324 e. The Balaban J connectivity index is 1.94. The predicted octanol–water partition coefficient (Wildman–Crippen LogP) is 5.30. The van der Waals surface area contributed by atoms with E-state index in [1.807, 2.05) is 18.2 Å². The minimum Gasteiger partial charge on any atom is -0.324 e. The summed E-state index contributed by atoms with van der Waals surface area (Å²) < 4.78 is 38.4. The Morgan fingerprint density at radius 2 is 2.04 bits per heavy atom. The van der Waals surface area contributed by atoms with Crippen molar-refractivity contribution in [3.8, 4) is 10.4 Å². The molecule has 0 aliphatic heterocycles. The Morgan fingerprint density at radius 1 is 1.20 bits per heavy atom. The number of hydrogen-bond acceptors (Lipinski definition) is 5. The molecule has 4 nitrogen and oxygen atoms in total. The fraction of sp³-hybridized carbons (Fsp3) is 0.188. The third-order valence-electron chi connectivity index (χ3n) is 3.29. The summed E-state index contributed by atoms with van der Waals surface area (Å²) in [5.41, 5.74) is 3.35. The molecule has 0 atom stereocenters. The first kappa shape index (κ1) is 17.8. The lowest BCUT2D eigenvalue weighted by Crippen LogP contribution is -2.10. The molecule has 0 aliphatic rings. The number of rotatable bonds is 5. The van der Waals surface area contributed by atoms with Gasteiger partial charge in [0.25, 0.3) is 0 Å². The molecule has 1 aromatic carbocycles. The molecule has 0 fully saturated rings. The summed E-state index contributed by atoms with van der Waals surface area (Å²) >= 11 is 4.90. The fourth-order valence-electron chi connectivity index (χ4n) is 2.22. The minimum atomic E-state index is -4.51. The Labute approximate surface area is 154 Å². The summed E-state index contributed by atoms with van der Waals surface area (Å²) in [4.78, 5) is 12.5. The highest BCUT2D eigenvalue weighted by Gasteiger charge is 2.32. The maximum atomic E-state index is 12.8. The number of halogens is 4. The van der Waals surface area contributed by atoms with Gasteiger partial charge in [-0.05, 0) is 35.7 Å². The van der Waals surface area contributed by atoms with Gasteiger partial charge in [0.2, 0.25) is 5.95 Å².